The molecular formula is C17H12O5. The van der Waals surface area contributed by atoms with Gasteiger partial charge in [0.05, 0.1) is 11.1 Å². The second-order valence-electron chi connectivity index (χ2n) is 4.48. The van der Waals surface area contributed by atoms with Gasteiger partial charge in [-0.15, -0.1) is 0 Å². The van der Waals surface area contributed by atoms with Gasteiger partial charge in [-0.05, 0) is 23.8 Å². The molecular weight excluding hydrogens is 284 g/mol. The average Bonchev–Trinajstić information content (AvgIpc) is 2.53. The maximum Gasteiger partial charge on any atom is 0.336 e. The highest BCUT2D eigenvalue weighted by molar-refractivity contribution is 6.07. The summed E-state index contributed by atoms with van der Waals surface area (Å²) in [6, 6.07) is 12.5. The Morgan fingerprint density at radius 2 is 1.45 bits per heavy atom. The van der Waals surface area contributed by atoms with Crippen molar-refractivity contribution in [1.82, 2.24) is 0 Å². The summed E-state index contributed by atoms with van der Waals surface area (Å²) in [5.41, 5.74) is 0.340. The lowest BCUT2D eigenvalue weighted by Gasteiger charge is -2.02. The van der Waals surface area contributed by atoms with Gasteiger partial charge in [0.25, 0.3) is 0 Å². The largest absolute Gasteiger partial charge is 0.478 e. The minimum Gasteiger partial charge on any atom is -0.478 e. The summed E-state index contributed by atoms with van der Waals surface area (Å²) in [6.07, 6.45) is 2.77. The zero-order chi connectivity index (χ0) is 16.1. The highest BCUT2D eigenvalue weighted by Gasteiger charge is 2.15. The Hall–Kier alpha value is -3.21. The van der Waals surface area contributed by atoms with Crippen molar-refractivity contribution in [3.05, 3.63) is 76.9 Å². The number of rotatable bonds is 5. The second kappa shape index (κ2) is 6.49. The molecule has 2 rings (SSSR count). The zero-order valence-corrected chi connectivity index (χ0v) is 11.4. The smallest absolute Gasteiger partial charge is 0.336 e. The van der Waals surface area contributed by atoms with Crippen LogP contribution in [0, 0.1) is 0 Å². The summed E-state index contributed by atoms with van der Waals surface area (Å²) in [4.78, 5) is 34.0. The molecule has 2 aromatic rings. The van der Waals surface area contributed by atoms with Crippen LogP contribution in [0.5, 0.6) is 0 Å². The normalized spacial score (nSPS) is 10.5. The summed E-state index contributed by atoms with van der Waals surface area (Å²) >= 11 is 0. The molecule has 22 heavy (non-hydrogen) atoms. The number of carboxylic acid groups (broad SMARTS) is 2. The quantitative estimate of drug-likeness (QED) is 0.653. The van der Waals surface area contributed by atoms with Crippen molar-refractivity contribution in [3.8, 4) is 0 Å². The number of hydrogen-bond acceptors (Lipinski definition) is 3. The third kappa shape index (κ3) is 3.46. The Labute approximate surface area is 126 Å². The first-order valence-electron chi connectivity index (χ1n) is 6.37. The molecule has 0 atom stereocenters. The number of allylic oxidation sites excluding steroid dienone is 1. The minimum absolute atomic E-state index is 0.222. The van der Waals surface area contributed by atoms with Gasteiger partial charge in [0.1, 0.15) is 0 Å². The van der Waals surface area contributed by atoms with E-state index >= 15 is 0 Å². The van der Waals surface area contributed by atoms with E-state index in [4.69, 9.17) is 10.2 Å². The Morgan fingerprint density at radius 1 is 0.818 bits per heavy atom. The van der Waals surface area contributed by atoms with Crippen molar-refractivity contribution < 1.29 is 24.6 Å². The highest BCUT2D eigenvalue weighted by atomic mass is 16.4. The van der Waals surface area contributed by atoms with E-state index in [9.17, 15) is 14.4 Å². The van der Waals surface area contributed by atoms with E-state index in [0.717, 1.165) is 0 Å². The third-order valence-corrected chi connectivity index (χ3v) is 2.99. The lowest BCUT2D eigenvalue weighted by Crippen LogP contribution is -2.08. The first-order chi connectivity index (χ1) is 10.5. The standard InChI is InChI=1S/C17H12O5/c18-15(12-4-2-1-3-5-12)9-7-11-6-8-13(16(19)20)14(10-11)17(21)22/h1-10H,(H,19,20)(H,21,22)/b9-7+. The molecule has 0 unspecified atom stereocenters. The van der Waals surface area contributed by atoms with E-state index in [1.807, 2.05) is 0 Å². The van der Waals surface area contributed by atoms with Crippen LogP contribution in [0.1, 0.15) is 36.6 Å². The summed E-state index contributed by atoms with van der Waals surface area (Å²) in [6.45, 7) is 0. The molecule has 0 aliphatic rings. The predicted octanol–water partition coefficient (Wildman–Crippen LogP) is 2.98. The van der Waals surface area contributed by atoms with Gasteiger partial charge >= 0.3 is 11.9 Å². The van der Waals surface area contributed by atoms with E-state index in [0.29, 0.717) is 11.1 Å². The molecule has 0 heterocycles. The fourth-order valence-electron chi connectivity index (χ4n) is 1.90. The van der Waals surface area contributed by atoms with E-state index in [1.54, 1.807) is 30.3 Å². The topological polar surface area (TPSA) is 91.7 Å². The summed E-state index contributed by atoms with van der Waals surface area (Å²) in [5.74, 6) is -2.87. The summed E-state index contributed by atoms with van der Waals surface area (Å²) in [5, 5.41) is 18.0. The monoisotopic (exact) mass is 296 g/mol. The number of carbonyl (C=O) groups is 3. The van der Waals surface area contributed by atoms with E-state index in [-0.39, 0.29) is 16.9 Å². The molecule has 0 saturated carbocycles. The van der Waals surface area contributed by atoms with Crippen molar-refractivity contribution in [2.45, 2.75) is 0 Å². The van der Waals surface area contributed by atoms with Gasteiger partial charge in [0.15, 0.2) is 5.78 Å². The molecule has 0 radical (unpaired) electrons. The molecule has 2 N–H and O–H groups in total. The molecule has 0 aromatic heterocycles. The van der Waals surface area contributed by atoms with E-state index in [2.05, 4.69) is 0 Å². The number of carbonyl (C=O) groups excluding carboxylic acids is 1. The van der Waals surface area contributed by atoms with Crippen LogP contribution in [0.2, 0.25) is 0 Å². The minimum atomic E-state index is -1.33. The van der Waals surface area contributed by atoms with E-state index in [1.165, 1.54) is 30.4 Å². The first kappa shape index (κ1) is 15.2. The molecule has 0 spiro atoms. The molecule has 0 aliphatic carbocycles. The van der Waals surface area contributed by atoms with Crippen molar-refractivity contribution in [2.24, 2.45) is 0 Å². The predicted molar refractivity (Wildman–Crippen MR) is 80.2 cm³/mol. The Balaban J connectivity index is 2.29. The summed E-state index contributed by atoms with van der Waals surface area (Å²) in [7, 11) is 0. The van der Waals surface area contributed by atoms with E-state index < -0.39 is 11.9 Å². The van der Waals surface area contributed by atoms with Gasteiger partial charge < -0.3 is 10.2 Å². The molecule has 0 bridgehead atoms. The van der Waals surface area contributed by atoms with Gasteiger partial charge in [-0.3, -0.25) is 4.79 Å². The fraction of sp³-hybridized carbons (Fsp3) is 0. The van der Waals surface area contributed by atoms with Crippen LogP contribution in [-0.4, -0.2) is 27.9 Å². The number of carboxylic acids is 2. The number of benzene rings is 2. The lowest BCUT2D eigenvalue weighted by molar-refractivity contribution is 0.0651. The van der Waals surface area contributed by atoms with Gasteiger partial charge in [0.2, 0.25) is 0 Å². The van der Waals surface area contributed by atoms with Crippen LogP contribution < -0.4 is 0 Å². The fourth-order valence-corrected chi connectivity index (χ4v) is 1.90. The van der Waals surface area contributed by atoms with Crippen molar-refractivity contribution in [1.29, 1.82) is 0 Å². The molecule has 0 amide bonds. The SMILES string of the molecule is O=C(/C=C/c1ccc(C(=O)O)c(C(=O)O)c1)c1ccccc1. The highest BCUT2D eigenvalue weighted by Crippen LogP contribution is 2.14. The number of aromatic carboxylic acids is 2. The van der Waals surface area contributed by atoms with Crippen LogP contribution in [0.25, 0.3) is 6.08 Å². The van der Waals surface area contributed by atoms with Gasteiger partial charge in [0, 0.05) is 5.56 Å². The average molecular weight is 296 g/mol. The third-order valence-electron chi connectivity index (χ3n) is 2.99. The van der Waals surface area contributed by atoms with Crippen molar-refractivity contribution in [3.63, 3.8) is 0 Å². The first-order valence-corrected chi connectivity index (χ1v) is 6.37. The zero-order valence-electron chi connectivity index (χ0n) is 11.4. The Bertz CT molecular complexity index is 760. The lowest BCUT2D eigenvalue weighted by atomic mass is 10.0. The maximum atomic E-state index is 11.9. The van der Waals surface area contributed by atoms with Gasteiger partial charge in [-0.2, -0.15) is 0 Å². The molecule has 0 aliphatic heterocycles. The van der Waals surface area contributed by atoms with Crippen LogP contribution in [0.3, 0.4) is 0 Å². The molecule has 2 aromatic carbocycles. The van der Waals surface area contributed by atoms with Crippen LogP contribution in [0.4, 0.5) is 0 Å². The Morgan fingerprint density at radius 3 is 2.05 bits per heavy atom. The second-order valence-corrected chi connectivity index (χ2v) is 4.48. The Kier molecular flexibility index (Phi) is 4.48. The van der Waals surface area contributed by atoms with Crippen LogP contribution in [-0.2, 0) is 0 Å². The van der Waals surface area contributed by atoms with Gasteiger partial charge in [-0.1, -0.05) is 42.5 Å². The number of hydrogen-bond donors (Lipinski definition) is 2. The molecule has 5 nitrogen and oxygen atoms in total. The van der Waals surface area contributed by atoms with Crippen LogP contribution in [0.15, 0.2) is 54.6 Å². The van der Waals surface area contributed by atoms with Gasteiger partial charge in [-0.25, -0.2) is 9.59 Å². The van der Waals surface area contributed by atoms with Crippen LogP contribution >= 0.6 is 0 Å². The van der Waals surface area contributed by atoms with Crippen molar-refractivity contribution in [2.75, 3.05) is 0 Å². The summed E-state index contributed by atoms with van der Waals surface area (Å²) < 4.78 is 0. The van der Waals surface area contributed by atoms with Crippen molar-refractivity contribution >= 4 is 23.8 Å². The molecule has 0 fully saturated rings. The number of ketones is 1. The molecule has 110 valence electrons. The molecule has 5 heteroatoms. The molecule has 0 saturated heterocycles. The maximum absolute atomic E-state index is 11.9.